The van der Waals surface area contributed by atoms with E-state index >= 15 is 0 Å². The van der Waals surface area contributed by atoms with Crippen molar-refractivity contribution >= 4 is 23.3 Å². The van der Waals surface area contributed by atoms with Gasteiger partial charge in [0.15, 0.2) is 6.17 Å². The summed E-state index contributed by atoms with van der Waals surface area (Å²) in [5, 5.41) is 0.577. The second kappa shape index (κ2) is 7.62. The van der Waals surface area contributed by atoms with Crippen molar-refractivity contribution in [2.24, 2.45) is 0 Å². The van der Waals surface area contributed by atoms with Crippen LogP contribution in [0.2, 0.25) is 5.02 Å². The first-order valence-corrected chi connectivity index (χ1v) is 8.61. The fourth-order valence-corrected chi connectivity index (χ4v) is 3.18. The van der Waals surface area contributed by atoms with E-state index in [1.807, 2.05) is 0 Å². The average molecular weight is 346 g/mol. The van der Waals surface area contributed by atoms with Crippen molar-refractivity contribution in [3.63, 3.8) is 0 Å². The lowest BCUT2D eigenvalue weighted by molar-refractivity contribution is -0.135. The molecular formula is C18H20ClN3O2. The van der Waals surface area contributed by atoms with Gasteiger partial charge in [-0.2, -0.15) is 0 Å². The van der Waals surface area contributed by atoms with Gasteiger partial charge in [-0.05, 0) is 37.1 Å². The molecule has 1 aliphatic rings. The lowest BCUT2D eigenvalue weighted by atomic mass is 10.0. The minimum atomic E-state index is -0.695. The Kier molecular flexibility index (Phi) is 5.30. The minimum Gasteiger partial charge on any atom is -0.315 e. The zero-order valence-electron chi connectivity index (χ0n) is 13.4. The predicted molar refractivity (Wildman–Crippen MR) is 91.8 cm³/mol. The van der Waals surface area contributed by atoms with E-state index in [4.69, 9.17) is 11.6 Å². The summed E-state index contributed by atoms with van der Waals surface area (Å²) in [5.41, 5.74) is 0.535. The number of imidazole rings is 1. The molecule has 1 aromatic carbocycles. The summed E-state index contributed by atoms with van der Waals surface area (Å²) >= 11 is 5.92. The number of likely N-dealkylation sites (tertiary alicyclic amines) is 1. The van der Waals surface area contributed by atoms with E-state index < -0.39 is 6.17 Å². The topological polar surface area (TPSA) is 55.2 Å². The van der Waals surface area contributed by atoms with Crippen LogP contribution in [0.1, 0.15) is 48.6 Å². The number of ketones is 1. The zero-order valence-corrected chi connectivity index (χ0v) is 14.2. The van der Waals surface area contributed by atoms with Crippen molar-refractivity contribution in [3.05, 3.63) is 53.6 Å². The van der Waals surface area contributed by atoms with Crippen molar-refractivity contribution in [2.75, 3.05) is 6.54 Å². The van der Waals surface area contributed by atoms with Crippen molar-refractivity contribution in [3.8, 4) is 0 Å². The van der Waals surface area contributed by atoms with Gasteiger partial charge >= 0.3 is 0 Å². The van der Waals surface area contributed by atoms with E-state index in [1.165, 1.54) is 0 Å². The zero-order chi connectivity index (χ0) is 16.9. The second-order valence-electron chi connectivity index (χ2n) is 6.01. The van der Waals surface area contributed by atoms with Crippen LogP contribution in [0, 0.1) is 0 Å². The number of amides is 1. The molecular weight excluding hydrogens is 326 g/mol. The largest absolute Gasteiger partial charge is 0.315 e. The molecule has 0 spiro atoms. The lowest BCUT2D eigenvalue weighted by Gasteiger charge is -2.33. The van der Waals surface area contributed by atoms with Crippen LogP contribution >= 0.6 is 11.6 Å². The van der Waals surface area contributed by atoms with Gasteiger partial charge in [0, 0.05) is 35.9 Å². The number of carbonyl (C=O) groups is 2. The van der Waals surface area contributed by atoms with E-state index in [1.54, 1.807) is 52.5 Å². The van der Waals surface area contributed by atoms with Gasteiger partial charge < -0.3 is 9.47 Å². The Balaban J connectivity index is 1.95. The number of hydrogen-bond donors (Lipinski definition) is 0. The number of Topliss-reactive ketones (excluding diaryl/α,β-unsaturated/α-hetero) is 1. The maximum Gasteiger partial charge on any atom is 0.224 e. The highest BCUT2D eigenvalue weighted by atomic mass is 35.5. The van der Waals surface area contributed by atoms with Gasteiger partial charge in [-0.25, -0.2) is 4.98 Å². The molecule has 1 aliphatic heterocycles. The number of nitrogens with zero attached hydrogens (tertiary/aromatic N) is 3. The van der Waals surface area contributed by atoms with E-state index in [2.05, 4.69) is 4.98 Å². The number of rotatable bonds is 4. The normalized spacial score (nSPS) is 17.2. The SMILES string of the molecule is O=C(c1ccc(Cl)cc1)C(N1CCCCCCC1=O)n1ccnc1. The molecule has 0 aliphatic carbocycles. The number of carbonyl (C=O) groups excluding carboxylic acids is 2. The molecule has 1 saturated heterocycles. The van der Waals surface area contributed by atoms with E-state index in [-0.39, 0.29) is 11.7 Å². The van der Waals surface area contributed by atoms with E-state index in [0.29, 0.717) is 23.6 Å². The number of benzene rings is 1. The molecule has 1 unspecified atom stereocenters. The highest BCUT2D eigenvalue weighted by molar-refractivity contribution is 6.30. The summed E-state index contributed by atoms with van der Waals surface area (Å²) in [6, 6.07) is 6.77. The summed E-state index contributed by atoms with van der Waals surface area (Å²) in [6.07, 6.45) is 8.66. The van der Waals surface area contributed by atoms with Crippen molar-refractivity contribution in [1.82, 2.24) is 14.5 Å². The predicted octanol–water partition coefficient (Wildman–Crippen LogP) is 3.71. The maximum atomic E-state index is 13.1. The third-order valence-corrected chi connectivity index (χ3v) is 4.58. The minimum absolute atomic E-state index is 0.0238. The van der Waals surface area contributed by atoms with Gasteiger partial charge in [0.25, 0.3) is 0 Å². The third kappa shape index (κ3) is 3.67. The van der Waals surface area contributed by atoms with Crippen LogP contribution < -0.4 is 0 Å². The van der Waals surface area contributed by atoms with Gasteiger partial charge in [-0.15, -0.1) is 0 Å². The van der Waals surface area contributed by atoms with Crippen molar-refractivity contribution < 1.29 is 9.59 Å². The lowest BCUT2D eigenvalue weighted by Crippen LogP contribution is -2.43. The summed E-state index contributed by atoms with van der Waals surface area (Å²) in [6.45, 7) is 0.584. The van der Waals surface area contributed by atoms with Crippen LogP contribution in [0.5, 0.6) is 0 Å². The molecule has 0 bridgehead atoms. The Labute approximate surface area is 146 Å². The van der Waals surface area contributed by atoms with Gasteiger partial charge in [0.2, 0.25) is 11.7 Å². The Morgan fingerprint density at radius 2 is 1.88 bits per heavy atom. The second-order valence-corrected chi connectivity index (χ2v) is 6.44. The first-order valence-electron chi connectivity index (χ1n) is 8.23. The average Bonchev–Trinajstić information content (AvgIpc) is 3.09. The maximum absolute atomic E-state index is 13.1. The standard InChI is InChI=1S/C18H20ClN3O2/c19-15-8-6-14(7-9-15)17(24)18(21-12-10-20-13-21)22-11-4-2-1-3-5-16(22)23/h6-10,12-13,18H,1-5,11H2. The number of hydrogen-bond acceptors (Lipinski definition) is 3. The summed E-state index contributed by atoms with van der Waals surface area (Å²) in [7, 11) is 0. The smallest absolute Gasteiger partial charge is 0.224 e. The molecule has 1 amide bonds. The molecule has 5 nitrogen and oxygen atoms in total. The molecule has 0 radical (unpaired) electrons. The quantitative estimate of drug-likeness (QED) is 0.794. The van der Waals surface area contributed by atoms with Gasteiger partial charge in [-0.3, -0.25) is 9.59 Å². The fourth-order valence-electron chi connectivity index (χ4n) is 3.05. The van der Waals surface area contributed by atoms with Crippen molar-refractivity contribution in [2.45, 2.75) is 38.3 Å². The molecule has 2 aromatic rings. The van der Waals surface area contributed by atoms with E-state index in [9.17, 15) is 9.59 Å². The molecule has 0 N–H and O–H groups in total. The highest BCUT2D eigenvalue weighted by Gasteiger charge is 2.31. The molecule has 24 heavy (non-hydrogen) atoms. The molecule has 1 atom stereocenters. The summed E-state index contributed by atoms with van der Waals surface area (Å²) in [4.78, 5) is 31.5. The molecule has 0 saturated carbocycles. The highest BCUT2D eigenvalue weighted by Crippen LogP contribution is 2.24. The summed E-state index contributed by atoms with van der Waals surface area (Å²) in [5.74, 6) is -0.102. The summed E-state index contributed by atoms with van der Waals surface area (Å²) < 4.78 is 1.70. The number of halogens is 1. The fraction of sp³-hybridized carbons (Fsp3) is 0.389. The van der Waals surface area contributed by atoms with Gasteiger partial charge in [0.1, 0.15) is 0 Å². The molecule has 126 valence electrons. The molecule has 1 aromatic heterocycles. The Morgan fingerprint density at radius 1 is 1.12 bits per heavy atom. The Bertz CT molecular complexity index is 698. The first-order chi connectivity index (χ1) is 11.7. The van der Waals surface area contributed by atoms with Crippen LogP contribution in [-0.2, 0) is 4.79 Å². The first kappa shape index (κ1) is 16.7. The molecule has 2 heterocycles. The van der Waals surface area contributed by atoms with E-state index in [0.717, 1.165) is 25.7 Å². The van der Waals surface area contributed by atoms with Crippen LogP contribution in [0.4, 0.5) is 0 Å². The Morgan fingerprint density at radius 3 is 2.58 bits per heavy atom. The molecule has 6 heteroatoms. The number of aromatic nitrogens is 2. The van der Waals surface area contributed by atoms with Crippen LogP contribution in [0.15, 0.2) is 43.0 Å². The van der Waals surface area contributed by atoms with Crippen LogP contribution in [-0.4, -0.2) is 32.7 Å². The van der Waals surface area contributed by atoms with Crippen LogP contribution in [0.25, 0.3) is 0 Å². The van der Waals surface area contributed by atoms with Crippen LogP contribution in [0.3, 0.4) is 0 Å². The molecule has 1 fully saturated rings. The molecule has 3 rings (SSSR count). The van der Waals surface area contributed by atoms with Crippen molar-refractivity contribution in [1.29, 1.82) is 0 Å². The third-order valence-electron chi connectivity index (χ3n) is 4.33. The van der Waals surface area contributed by atoms with Gasteiger partial charge in [0.05, 0.1) is 6.33 Å². The monoisotopic (exact) mass is 345 g/mol. The van der Waals surface area contributed by atoms with Gasteiger partial charge in [-0.1, -0.05) is 24.4 Å². The Hall–Kier alpha value is -2.14.